The molecule has 0 fully saturated rings. The van der Waals surface area contributed by atoms with Crippen LogP contribution in [-0.2, 0) is 6.42 Å². The monoisotopic (exact) mass is 402 g/mol. The Hall–Kier alpha value is -0.230. The Morgan fingerprint density at radius 2 is 2.16 bits per heavy atom. The van der Waals surface area contributed by atoms with Crippen LogP contribution in [0.15, 0.2) is 32.0 Å². The highest BCUT2D eigenvalue weighted by molar-refractivity contribution is 9.12. The first kappa shape index (κ1) is 15.2. The Kier molecular flexibility index (Phi) is 5.57. The van der Waals surface area contributed by atoms with E-state index in [9.17, 15) is 0 Å². The minimum Gasteiger partial charge on any atom is -0.310 e. The SMILES string of the molecule is CCNC(Cc1ccc(C)cn1)c1cc(Br)sc1Br. The molecule has 0 bridgehead atoms. The van der Waals surface area contributed by atoms with Crippen molar-refractivity contribution in [1.82, 2.24) is 10.3 Å². The second-order valence-electron chi connectivity index (χ2n) is 4.42. The van der Waals surface area contributed by atoms with Crippen LogP contribution in [0.1, 0.15) is 29.8 Å². The van der Waals surface area contributed by atoms with Gasteiger partial charge in [-0.15, -0.1) is 11.3 Å². The molecule has 2 aromatic rings. The van der Waals surface area contributed by atoms with Crippen molar-refractivity contribution in [3.05, 3.63) is 48.8 Å². The van der Waals surface area contributed by atoms with Gasteiger partial charge in [-0.1, -0.05) is 13.0 Å². The summed E-state index contributed by atoms with van der Waals surface area (Å²) in [6.07, 6.45) is 2.83. The van der Waals surface area contributed by atoms with Gasteiger partial charge < -0.3 is 5.32 Å². The number of halogens is 2. The molecule has 1 unspecified atom stereocenters. The van der Waals surface area contributed by atoms with Gasteiger partial charge in [0.25, 0.3) is 0 Å². The maximum Gasteiger partial charge on any atom is 0.0758 e. The summed E-state index contributed by atoms with van der Waals surface area (Å²) in [6, 6.07) is 6.69. The van der Waals surface area contributed by atoms with Gasteiger partial charge >= 0.3 is 0 Å². The highest BCUT2D eigenvalue weighted by Gasteiger charge is 2.17. The van der Waals surface area contributed by atoms with Crippen LogP contribution >= 0.6 is 43.2 Å². The summed E-state index contributed by atoms with van der Waals surface area (Å²) in [5, 5.41) is 3.53. The lowest BCUT2D eigenvalue weighted by Gasteiger charge is -2.17. The first-order valence-corrected chi connectivity index (χ1v) is 8.60. The predicted octanol–water partition coefficient (Wildman–Crippen LogP) is 4.87. The number of nitrogens with zero attached hydrogens (tertiary/aromatic N) is 1. The van der Waals surface area contributed by atoms with Crippen LogP contribution in [0.3, 0.4) is 0 Å². The number of aryl methyl sites for hydroxylation is 1. The summed E-state index contributed by atoms with van der Waals surface area (Å²) in [4.78, 5) is 4.50. The standard InChI is InChI=1S/C14H16Br2N2S/c1-3-17-12(11-7-13(15)19-14(11)16)6-10-5-4-9(2)8-18-10/h4-5,7-8,12,17H,3,6H2,1-2H3. The third-order valence-corrected chi connectivity index (χ3v) is 5.28. The molecule has 0 saturated carbocycles. The second kappa shape index (κ2) is 6.97. The van der Waals surface area contributed by atoms with E-state index < -0.39 is 0 Å². The van der Waals surface area contributed by atoms with Gasteiger partial charge in [0.15, 0.2) is 0 Å². The average Bonchev–Trinajstić information content (AvgIpc) is 2.71. The number of aromatic nitrogens is 1. The fourth-order valence-electron chi connectivity index (χ4n) is 1.96. The molecule has 0 radical (unpaired) electrons. The number of hydrogen-bond acceptors (Lipinski definition) is 3. The van der Waals surface area contributed by atoms with Crippen LogP contribution in [-0.4, -0.2) is 11.5 Å². The van der Waals surface area contributed by atoms with Gasteiger partial charge in [0.2, 0.25) is 0 Å². The van der Waals surface area contributed by atoms with Crippen molar-refractivity contribution in [2.75, 3.05) is 6.54 Å². The summed E-state index contributed by atoms with van der Waals surface area (Å²) < 4.78 is 2.33. The molecule has 19 heavy (non-hydrogen) atoms. The quantitative estimate of drug-likeness (QED) is 0.770. The van der Waals surface area contributed by atoms with E-state index >= 15 is 0 Å². The van der Waals surface area contributed by atoms with Gasteiger partial charge in [-0.05, 0) is 68.6 Å². The Balaban J connectivity index is 2.20. The number of hydrogen-bond donors (Lipinski definition) is 1. The van der Waals surface area contributed by atoms with Crippen LogP contribution in [0.2, 0.25) is 0 Å². The van der Waals surface area contributed by atoms with Gasteiger partial charge in [0.1, 0.15) is 0 Å². The highest BCUT2D eigenvalue weighted by Crippen LogP contribution is 2.36. The first-order chi connectivity index (χ1) is 9.10. The van der Waals surface area contributed by atoms with Crippen molar-refractivity contribution in [1.29, 1.82) is 0 Å². The molecule has 0 aliphatic rings. The van der Waals surface area contributed by atoms with Crippen molar-refractivity contribution < 1.29 is 0 Å². The van der Waals surface area contributed by atoms with E-state index in [1.807, 2.05) is 6.20 Å². The molecule has 0 saturated heterocycles. The molecule has 102 valence electrons. The maximum atomic E-state index is 4.50. The van der Waals surface area contributed by atoms with E-state index in [0.717, 1.165) is 22.4 Å². The minimum absolute atomic E-state index is 0.289. The summed E-state index contributed by atoms with van der Waals surface area (Å²) in [6.45, 7) is 5.13. The van der Waals surface area contributed by atoms with Crippen molar-refractivity contribution in [2.24, 2.45) is 0 Å². The minimum atomic E-state index is 0.289. The molecule has 1 atom stereocenters. The van der Waals surface area contributed by atoms with Crippen molar-refractivity contribution in [3.8, 4) is 0 Å². The molecule has 0 aromatic carbocycles. The maximum absolute atomic E-state index is 4.50. The van der Waals surface area contributed by atoms with Gasteiger partial charge in [-0.3, -0.25) is 4.98 Å². The number of rotatable bonds is 5. The largest absolute Gasteiger partial charge is 0.310 e. The summed E-state index contributed by atoms with van der Waals surface area (Å²) in [5.74, 6) is 0. The Bertz CT molecular complexity index is 537. The molecule has 0 aliphatic heterocycles. The van der Waals surface area contributed by atoms with E-state index in [1.165, 1.54) is 14.9 Å². The molecular weight excluding hydrogens is 388 g/mol. The van der Waals surface area contributed by atoms with Crippen LogP contribution in [0, 0.1) is 6.92 Å². The van der Waals surface area contributed by atoms with E-state index in [1.54, 1.807) is 11.3 Å². The van der Waals surface area contributed by atoms with Gasteiger partial charge in [0, 0.05) is 24.4 Å². The van der Waals surface area contributed by atoms with E-state index in [2.05, 4.69) is 74.2 Å². The van der Waals surface area contributed by atoms with Crippen LogP contribution in [0.5, 0.6) is 0 Å². The molecule has 1 N–H and O–H groups in total. The average molecular weight is 404 g/mol. The summed E-state index contributed by atoms with van der Waals surface area (Å²) in [7, 11) is 0. The molecule has 2 aromatic heterocycles. The molecule has 0 spiro atoms. The van der Waals surface area contributed by atoms with Crippen LogP contribution in [0.4, 0.5) is 0 Å². The summed E-state index contributed by atoms with van der Waals surface area (Å²) >= 11 is 8.89. The second-order valence-corrected chi connectivity index (χ2v) is 8.17. The van der Waals surface area contributed by atoms with Crippen molar-refractivity contribution >= 4 is 43.2 Å². The van der Waals surface area contributed by atoms with E-state index in [0.29, 0.717) is 0 Å². The normalized spacial score (nSPS) is 12.6. The lowest BCUT2D eigenvalue weighted by atomic mass is 10.0. The topological polar surface area (TPSA) is 24.9 Å². The molecular formula is C14H16Br2N2S. The first-order valence-electron chi connectivity index (χ1n) is 6.19. The third kappa shape index (κ3) is 4.12. The number of likely N-dealkylation sites (N-methyl/N-ethyl adjacent to an activating group) is 1. The molecule has 2 heterocycles. The van der Waals surface area contributed by atoms with Crippen LogP contribution in [0.25, 0.3) is 0 Å². The summed E-state index contributed by atoms with van der Waals surface area (Å²) in [5.41, 5.74) is 3.61. The Morgan fingerprint density at radius 3 is 2.68 bits per heavy atom. The number of thiophene rings is 1. The zero-order valence-electron chi connectivity index (χ0n) is 10.9. The van der Waals surface area contributed by atoms with Gasteiger partial charge in [-0.2, -0.15) is 0 Å². The van der Waals surface area contributed by atoms with Gasteiger partial charge in [-0.25, -0.2) is 0 Å². The van der Waals surface area contributed by atoms with Gasteiger partial charge in [0.05, 0.1) is 7.57 Å². The van der Waals surface area contributed by atoms with E-state index in [-0.39, 0.29) is 6.04 Å². The molecule has 0 amide bonds. The zero-order valence-corrected chi connectivity index (χ0v) is 14.9. The van der Waals surface area contributed by atoms with Crippen molar-refractivity contribution in [2.45, 2.75) is 26.3 Å². The number of nitrogens with one attached hydrogen (secondary N) is 1. The lowest BCUT2D eigenvalue weighted by molar-refractivity contribution is 0.544. The molecule has 2 rings (SSSR count). The Labute approximate surface area is 134 Å². The fraction of sp³-hybridized carbons (Fsp3) is 0.357. The van der Waals surface area contributed by atoms with Crippen LogP contribution < -0.4 is 5.32 Å². The van der Waals surface area contributed by atoms with E-state index in [4.69, 9.17) is 0 Å². The zero-order chi connectivity index (χ0) is 13.8. The fourth-order valence-corrected chi connectivity index (χ4v) is 4.93. The molecule has 2 nitrogen and oxygen atoms in total. The molecule has 5 heteroatoms. The molecule has 0 aliphatic carbocycles. The smallest absolute Gasteiger partial charge is 0.0758 e. The number of pyridine rings is 1. The predicted molar refractivity (Wildman–Crippen MR) is 88.8 cm³/mol. The highest BCUT2D eigenvalue weighted by atomic mass is 79.9. The Morgan fingerprint density at radius 1 is 1.37 bits per heavy atom. The van der Waals surface area contributed by atoms with Crippen molar-refractivity contribution in [3.63, 3.8) is 0 Å². The third-order valence-electron chi connectivity index (χ3n) is 2.89. The lowest BCUT2D eigenvalue weighted by Crippen LogP contribution is -2.23.